The first-order valence-corrected chi connectivity index (χ1v) is 6.77. The molecule has 0 aliphatic carbocycles. The van der Waals surface area contributed by atoms with Crippen LogP contribution in [-0.2, 0) is 4.74 Å². The highest BCUT2D eigenvalue weighted by atomic mass is 79.9. The molecule has 0 fully saturated rings. The summed E-state index contributed by atoms with van der Waals surface area (Å²) in [6, 6.07) is 7.67. The maximum Gasteiger partial charge on any atom is 0.339 e. The van der Waals surface area contributed by atoms with Crippen LogP contribution in [0, 0.1) is 5.82 Å². The van der Waals surface area contributed by atoms with E-state index in [1.807, 2.05) is 0 Å². The molecule has 3 rings (SSSR count). The molecule has 7 heteroatoms. The van der Waals surface area contributed by atoms with Crippen LogP contribution in [0.25, 0.3) is 17.0 Å². The Hall–Kier alpha value is -2.28. The molecule has 2 heterocycles. The molecule has 0 aliphatic heterocycles. The summed E-state index contributed by atoms with van der Waals surface area (Å²) in [5, 5.41) is 4.25. The maximum absolute atomic E-state index is 13.4. The second-order valence-corrected chi connectivity index (χ2v) is 5.22. The van der Waals surface area contributed by atoms with Crippen molar-refractivity contribution in [2.45, 2.75) is 0 Å². The van der Waals surface area contributed by atoms with Gasteiger partial charge in [0.25, 0.3) is 0 Å². The molecular formula is C14H9BrFN3O2. The van der Waals surface area contributed by atoms with E-state index in [1.54, 1.807) is 18.2 Å². The number of hydrogen-bond acceptors (Lipinski definition) is 4. The van der Waals surface area contributed by atoms with E-state index in [9.17, 15) is 9.18 Å². The lowest BCUT2D eigenvalue weighted by atomic mass is 10.2. The highest BCUT2D eigenvalue weighted by Gasteiger charge is 2.11. The second-order valence-electron chi connectivity index (χ2n) is 4.31. The third kappa shape index (κ3) is 2.64. The summed E-state index contributed by atoms with van der Waals surface area (Å²) in [6.07, 6.45) is 1.52. The average Bonchev–Trinajstić information content (AvgIpc) is 2.88. The van der Waals surface area contributed by atoms with E-state index >= 15 is 0 Å². The van der Waals surface area contributed by atoms with Gasteiger partial charge in [-0.05, 0) is 30.3 Å². The predicted molar refractivity (Wildman–Crippen MR) is 77.4 cm³/mol. The molecule has 2 aromatic heterocycles. The number of carbonyl (C=O) groups excluding carboxylic acids is 1. The molecule has 0 N–H and O–H groups in total. The summed E-state index contributed by atoms with van der Waals surface area (Å²) < 4.78 is 20.1. The number of pyridine rings is 1. The van der Waals surface area contributed by atoms with Gasteiger partial charge in [0.15, 0.2) is 11.5 Å². The van der Waals surface area contributed by atoms with Gasteiger partial charge in [0.2, 0.25) is 0 Å². The van der Waals surface area contributed by atoms with Crippen molar-refractivity contribution in [3.8, 4) is 11.4 Å². The minimum atomic E-state index is -0.456. The predicted octanol–water partition coefficient (Wildman–Crippen LogP) is 3.08. The topological polar surface area (TPSA) is 56.5 Å². The Morgan fingerprint density at radius 2 is 2.14 bits per heavy atom. The van der Waals surface area contributed by atoms with E-state index in [1.165, 1.54) is 30.0 Å². The summed E-state index contributed by atoms with van der Waals surface area (Å²) in [4.78, 5) is 15.8. The van der Waals surface area contributed by atoms with Gasteiger partial charge in [-0.2, -0.15) is 0 Å². The summed E-state index contributed by atoms with van der Waals surface area (Å²) in [6.45, 7) is 0. The standard InChI is InChI=1S/C14H9BrFN3O2/c1-21-14(20)8-2-3-12-17-13(18-19(12)7-8)9-4-10(15)6-11(16)5-9/h2-7H,1H3. The number of nitrogens with zero attached hydrogens (tertiary/aromatic N) is 3. The molecule has 0 aliphatic rings. The van der Waals surface area contributed by atoms with E-state index in [0.717, 1.165) is 0 Å². The molecular weight excluding hydrogens is 341 g/mol. The highest BCUT2D eigenvalue weighted by Crippen LogP contribution is 2.22. The average molecular weight is 350 g/mol. The van der Waals surface area contributed by atoms with Crippen LogP contribution in [0.15, 0.2) is 41.0 Å². The first-order valence-electron chi connectivity index (χ1n) is 5.98. The van der Waals surface area contributed by atoms with Gasteiger partial charge >= 0.3 is 5.97 Å². The summed E-state index contributed by atoms with van der Waals surface area (Å²) in [5.41, 5.74) is 1.46. The van der Waals surface area contributed by atoms with Crippen molar-refractivity contribution in [1.29, 1.82) is 0 Å². The number of benzene rings is 1. The zero-order chi connectivity index (χ0) is 15.0. The summed E-state index contributed by atoms with van der Waals surface area (Å²) >= 11 is 3.23. The lowest BCUT2D eigenvalue weighted by Gasteiger charge is -1.98. The molecule has 0 amide bonds. The summed E-state index contributed by atoms with van der Waals surface area (Å²) in [7, 11) is 1.31. The van der Waals surface area contributed by atoms with Gasteiger partial charge in [-0.15, -0.1) is 5.10 Å². The molecule has 0 atom stereocenters. The molecule has 0 bridgehead atoms. The summed E-state index contributed by atoms with van der Waals surface area (Å²) in [5.74, 6) is -0.465. The van der Waals surface area contributed by atoms with Crippen molar-refractivity contribution in [2.75, 3.05) is 7.11 Å². The quantitative estimate of drug-likeness (QED) is 0.667. The van der Waals surface area contributed by atoms with Gasteiger partial charge in [-0.25, -0.2) is 18.7 Å². The number of rotatable bonds is 2. The van der Waals surface area contributed by atoms with E-state index < -0.39 is 5.97 Å². The second kappa shape index (κ2) is 5.25. The maximum atomic E-state index is 13.4. The van der Waals surface area contributed by atoms with Crippen LogP contribution in [0.4, 0.5) is 4.39 Å². The van der Waals surface area contributed by atoms with E-state index in [0.29, 0.717) is 27.1 Å². The lowest BCUT2D eigenvalue weighted by Crippen LogP contribution is -2.03. The van der Waals surface area contributed by atoms with Crippen LogP contribution in [-0.4, -0.2) is 27.7 Å². The molecule has 21 heavy (non-hydrogen) atoms. The van der Waals surface area contributed by atoms with Gasteiger partial charge in [-0.3, -0.25) is 0 Å². The minimum absolute atomic E-state index is 0.363. The van der Waals surface area contributed by atoms with Gasteiger partial charge in [0.1, 0.15) is 5.82 Å². The molecule has 0 spiro atoms. The van der Waals surface area contributed by atoms with Crippen molar-refractivity contribution >= 4 is 27.5 Å². The van der Waals surface area contributed by atoms with Crippen molar-refractivity contribution in [2.24, 2.45) is 0 Å². The molecule has 1 aromatic carbocycles. The highest BCUT2D eigenvalue weighted by molar-refractivity contribution is 9.10. The number of aromatic nitrogens is 3. The molecule has 0 unspecified atom stereocenters. The lowest BCUT2D eigenvalue weighted by molar-refractivity contribution is 0.0600. The van der Waals surface area contributed by atoms with Crippen molar-refractivity contribution in [3.05, 3.63) is 52.4 Å². The van der Waals surface area contributed by atoms with Crippen LogP contribution >= 0.6 is 15.9 Å². The number of methoxy groups -OCH3 is 1. The largest absolute Gasteiger partial charge is 0.465 e. The van der Waals surface area contributed by atoms with Gasteiger partial charge in [0, 0.05) is 16.2 Å². The molecule has 3 aromatic rings. The smallest absolute Gasteiger partial charge is 0.339 e. The van der Waals surface area contributed by atoms with Crippen LogP contribution in [0.3, 0.4) is 0 Å². The normalized spacial score (nSPS) is 10.8. The van der Waals surface area contributed by atoms with E-state index in [4.69, 9.17) is 0 Å². The Labute approximate surface area is 127 Å². The van der Waals surface area contributed by atoms with Crippen LogP contribution in [0.2, 0.25) is 0 Å². The van der Waals surface area contributed by atoms with Crippen LogP contribution < -0.4 is 0 Å². The van der Waals surface area contributed by atoms with Crippen molar-refractivity contribution < 1.29 is 13.9 Å². The Morgan fingerprint density at radius 1 is 1.33 bits per heavy atom. The van der Waals surface area contributed by atoms with E-state index in [-0.39, 0.29) is 5.82 Å². The number of halogens is 2. The number of fused-ring (bicyclic) bond motifs is 1. The first-order chi connectivity index (χ1) is 10.1. The SMILES string of the molecule is COC(=O)c1ccc2nc(-c3cc(F)cc(Br)c3)nn2c1. The Morgan fingerprint density at radius 3 is 2.86 bits per heavy atom. The number of esters is 1. The fourth-order valence-electron chi connectivity index (χ4n) is 1.93. The van der Waals surface area contributed by atoms with Crippen molar-refractivity contribution in [3.63, 3.8) is 0 Å². The number of ether oxygens (including phenoxy) is 1. The molecule has 0 saturated heterocycles. The van der Waals surface area contributed by atoms with Gasteiger partial charge in [0.05, 0.1) is 12.7 Å². The van der Waals surface area contributed by atoms with E-state index in [2.05, 4.69) is 30.7 Å². The first kappa shape index (κ1) is 13.7. The zero-order valence-electron chi connectivity index (χ0n) is 10.9. The fourth-order valence-corrected chi connectivity index (χ4v) is 2.39. The zero-order valence-corrected chi connectivity index (χ0v) is 12.5. The molecule has 0 saturated carbocycles. The molecule has 0 radical (unpaired) electrons. The Bertz CT molecular complexity index is 827. The van der Waals surface area contributed by atoms with Gasteiger partial charge < -0.3 is 4.74 Å². The van der Waals surface area contributed by atoms with Gasteiger partial charge in [-0.1, -0.05) is 15.9 Å². The fraction of sp³-hybridized carbons (Fsp3) is 0.0714. The van der Waals surface area contributed by atoms with Crippen molar-refractivity contribution in [1.82, 2.24) is 14.6 Å². The van der Waals surface area contributed by atoms with Crippen LogP contribution in [0.1, 0.15) is 10.4 Å². The molecule has 106 valence electrons. The minimum Gasteiger partial charge on any atom is -0.465 e. The Balaban J connectivity index is 2.10. The third-order valence-corrected chi connectivity index (χ3v) is 3.33. The Kier molecular flexibility index (Phi) is 3.42. The number of hydrogen-bond donors (Lipinski definition) is 0. The number of carbonyl (C=O) groups is 1. The van der Waals surface area contributed by atoms with Crippen LogP contribution in [0.5, 0.6) is 0 Å². The monoisotopic (exact) mass is 349 g/mol. The molecule has 5 nitrogen and oxygen atoms in total. The third-order valence-electron chi connectivity index (χ3n) is 2.87.